The number of allylic oxidation sites excluding steroid dienone is 3. The number of nitrogens with one attached hydrogen (secondary N) is 1. The van der Waals surface area contributed by atoms with E-state index in [0.29, 0.717) is 0 Å². The SMILES string of the molecule is Cc1cc(-c2ncnc3[nH]c(C4(C)C=CC(N5CCN(C)CC5)=CC4)nc23)ccc1OC1CCN(C=O)CC1. The molecule has 1 amide bonds. The lowest BCUT2D eigenvalue weighted by atomic mass is 9.82. The van der Waals surface area contributed by atoms with Crippen molar-refractivity contribution in [3.63, 3.8) is 0 Å². The minimum Gasteiger partial charge on any atom is -0.490 e. The average Bonchev–Trinajstić information content (AvgIpc) is 3.41. The molecule has 2 fully saturated rings. The van der Waals surface area contributed by atoms with Gasteiger partial charge in [0, 0.05) is 68.8 Å². The predicted octanol–water partition coefficient (Wildman–Crippen LogP) is 3.68. The van der Waals surface area contributed by atoms with E-state index in [9.17, 15) is 4.79 Å². The Kier molecular flexibility index (Phi) is 6.85. The van der Waals surface area contributed by atoms with Gasteiger partial charge in [0.05, 0.1) is 0 Å². The number of carbonyl (C=O) groups is 1. The molecular formula is C30H37N7O2. The first-order valence-electron chi connectivity index (χ1n) is 13.9. The molecule has 6 rings (SSSR count). The highest BCUT2D eigenvalue weighted by Gasteiger charge is 2.31. The minimum atomic E-state index is -0.235. The molecule has 9 heteroatoms. The van der Waals surface area contributed by atoms with Crippen LogP contribution in [0.2, 0.25) is 0 Å². The Balaban J connectivity index is 1.20. The lowest BCUT2D eigenvalue weighted by Crippen LogP contribution is -2.44. The maximum Gasteiger partial charge on any atom is 0.209 e. The molecule has 2 aromatic heterocycles. The lowest BCUT2D eigenvalue weighted by molar-refractivity contribution is -0.119. The van der Waals surface area contributed by atoms with Crippen molar-refractivity contribution in [1.29, 1.82) is 0 Å². The summed E-state index contributed by atoms with van der Waals surface area (Å²) < 4.78 is 6.30. The molecule has 2 aliphatic heterocycles. The van der Waals surface area contributed by atoms with Gasteiger partial charge < -0.3 is 24.4 Å². The van der Waals surface area contributed by atoms with Gasteiger partial charge >= 0.3 is 0 Å². The molecule has 0 spiro atoms. The Bertz CT molecular complexity index is 1410. The minimum absolute atomic E-state index is 0.125. The quantitative estimate of drug-likeness (QED) is 0.489. The van der Waals surface area contributed by atoms with E-state index in [1.165, 1.54) is 5.70 Å². The molecule has 0 bridgehead atoms. The van der Waals surface area contributed by atoms with Crippen molar-refractivity contribution in [2.75, 3.05) is 46.3 Å². The number of fused-ring (bicyclic) bond motifs is 1. The first-order chi connectivity index (χ1) is 18.9. The van der Waals surface area contributed by atoms with Gasteiger partial charge in [-0.25, -0.2) is 15.0 Å². The highest BCUT2D eigenvalue weighted by molar-refractivity contribution is 5.87. The Hall–Kier alpha value is -3.72. The Labute approximate surface area is 229 Å². The molecule has 0 radical (unpaired) electrons. The summed E-state index contributed by atoms with van der Waals surface area (Å²) in [6.07, 6.45) is 12.1. The largest absolute Gasteiger partial charge is 0.490 e. The van der Waals surface area contributed by atoms with E-state index in [1.807, 2.05) is 12.1 Å². The highest BCUT2D eigenvalue weighted by Crippen LogP contribution is 2.36. The van der Waals surface area contributed by atoms with Crippen molar-refractivity contribution in [3.05, 3.63) is 59.8 Å². The molecule has 1 atom stereocenters. The number of rotatable bonds is 6. The van der Waals surface area contributed by atoms with E-state index in [0.717, 1.165) is 104 Å². The van der Waals surface area contributed by atoms with Crippen LogP contribution in [0.3, 0.4) is 0 Å². The van der Waals surface area contributed by atoms with Crippen LogP contribution < -0.4 is 4.74 Å². The number of aromatic nitrogens is 4. The number of piperidine rings is 1. The van der Waals surface area contributed by atoms with E-state index in [4.69, 9.17) is 9.72 Å². The zero-order chi connectivity index (χ0) is 27.0. The van der Waals surface area contributed by atoms with E-state index in [-0.39, 0.29) is 11.5 Å². The number of carbonyl (C=O) groups excluding carboxylic acids is 1. The third-order valence-electron chi connectivity index (χ3n) is 8.42. The molecule has 3 aromatic rings. The highest BCUT2D eigenvalue weighted by atomic mass is 16.5. The third-order valence-corrected chi connectivity index (χ3v) is 8.42. The first-order valence-corrected chi connectivity index (χ1v) is 13.9. The fourth-order valence-electron chi connectivity index (χ4n) is 5.71. The van der Waals surface area contributed by atoms with Crippen molar-refractivity contribution in [1.82, 2.24) is 34.6 Å². The summed E-state index contributed by atoms with van der Waals surface area (Å²) in [4.78, 5) is 35.3. The van der Waals surface area contributed by atoms with Crippen LogP contribution in [0.25, 0.3) is 22.4 Å². The third kappa shape index (κ3) is 5.15. The van der Waals surface area contributed by atoms with Crippen LogP contribution in [0.5, 0.6) is 5.75 Å². The zero-order valence-corrected chi connectivity index (χ0v) is 23.1. The number of nitrogens with zero attached hydrogens (tertiary/aromatic N) is 6. The number of likely N-dealkylation sites (N-methyl/N-ethyl adjacent to an activating group) is 1. The summed E-state index contributed by atoms with van der Waals surface area (Å²) in [6.45, 7) is 10.1. The number of piperazine rings is 1. The molecule has 1 aliphatic carbocycles. The monoisotopic (exact) mass is 527 g/mol. The Morgan fingerprint density at radius 2 is 1.90 bits per heavy atom. The molecule has 2 saturated heterocycles. The second kappa shape index (κ2) is 10.4. The molecule has 4 heterocycles. The van der Waals surface area contributed by atoms with Gasteiger partial charge in [-0.05, 0) is 57.2 Å². The second-order valence-electron chi connectivity index (χ2n) is 11.3. The number of likely N-dealkylation sites (tertiary alicyclic amines) is 1. The number of imidazole rings is 1. The number of aryl methyl sites for hydroxylation is 1. The van der Waals surface area contributed by atoms with Crippen molar-refractivity contribution in [2.45, 2.75) is 44.6 Å². The van der Waals surface area contributed by atoms with Gasteiger partial charge in [0.1, 0.15) is 35.2 Å². The van der Waals surface area contributed by atoms with E-state index in [1.54, 1.807) is 11.2 Å². The zero-order valence-electron chi connectivity index (χ0n) is 23.1. The Morgan fingerprint density at radius 1 is 1.10 bits per heavy atom. The van der Waals surface area contributed by atoms with Crippen LogP contribution in [0.4, 0.5) is 0 Å². The molecule has 204 valence electrons. The fourth-order valence-corrected chi connectivity index (χ4v) is 5.71. The molecule has 1 N–H and O–H groups in total. The van der Waals surface area contributed by atoms with Gasteiger partial charge in [0.2, 0.25) is 6.41 Å². The summed E-state index contributed by atoms with van der Waals surface area (Å²) in [5, 5.41) is 0. The summed E-state index contributed by atoms with van der Waals surface area (Å²) in [6, 6.07) is 6.18. The average molecular weight is 528 g/mol. The van der Waals surface area contributed by atoms with Gasteiger partial charge in [-0.2, -0.15) is 0 Å². The molecular weight excluding hydrogens is 490 g/mol. The van der Waals surface area contributed by atoms with Crippen LogP contribution in [-0.2, 0) is 10.2 Å². The van der Waals surface area contributed by atoms with Gasteiger partial charge in [-0.3, -0.25) is 4.79 Å². The number of ether oxygens (including phenoxy) is 1. The standard InChI is InChI=1S/C30H37N7O2/c1-21-18-22(4-5-25(21)39-24-8-12-36(20-38)13-9-24)26-27-28(32-19-31-26)34-29(33-27)30(2)10-6-23(7-11-30)37-16-14-35(3)15-17-37/h4-7,10,18-20,24H,8-9,11-17H2,1-3H3,(H,31,32,33,34). The van der Waals surface area contributed by atoms with Crippen LogP contribution >= 0.6 is 0 Å². The number of benzene rings is 1. The molecule has 3 aliphatic rings. The van der Waals surface area contributed by atoms with Crippen LogP contribution in [0.1, 0.15) is 37.6 Å². The maximum atomic E-state index is 11.0. The predicted molar refractivity (Wildman–Crippen MR) is 151 cm³/mol. The number of hydrogen-bond acceptors (Lipinski definition) is 7. The number of aromatic amines is 1. The summed E-state index contributed by atoms with van der Waals surface area (Å²) >= 11 is 0. The van der Waals surface area contributed by atoms with Gasteiger partial charge in [-0.15, -0.1) is 0 Å². The van der Waals surface area contributed by atoms with E-state index in [2.05, 4.69) is 69.9 Å². The van der Waals surface area contributed by atoms with Crippen molar-refractivity contribution in [2.24, 2.45) is 0 Å². The smallest absolute Gasteiger partial charge is 0.209 e. The van der Waals surface area contributed by atoms with Crippen LogP contribution in [0, 0.1) is 6.92 Å². The molecule has 1 aromatic carbocycles. The molecule has 1 unspecified atom stereocenters. The molecule has 0 saturated carbocycles. The van der Waals surface area contributed by atoms with Crippen LogP contribution in [0.15, 0.2) is 48.5 Å². The number of H-pyrrole nitrogens is 1. The van der Waals surface area contributed by atoms with Crippen molar-refractivity contribution < 1.29 is 9.53 Å². The number of amides is 1. The van der Waals surface area contributed by atoms with Crippen LogP contribution in [-0.4, -0.2) is 93.5 Å². The summed E-state index contributed by atoms with van der Waals surface area (Å²) in [7, 11) is 2.18. The maximum absolute atomic E-state index is 11.0. The van der Waals surface area contributed by atoms with E-state index >= 15 is 0 Å². The normalized spacial score (nSPS) is 22.8. The summed E-state index contributed by atoms with van der Waals surface area (Å²) in [5.41, 5.74) is 5.46. The lowest BCUT2D eigenvalue weighted by Gasteiger charge is -2.37. The molecule has 9 nitrogen and oxygen atoms in total. The van der Waals surface area contributed by atoms with Crippen molar-refractivity contribution in [3.8, 4) is 17.0 Å². The van der Waals surface area contributed by atoms with Gasteiger partial charge in [0.15, 0.2) is 5.65 Å². The first kappa shape index (κ1) is 25.6. The topological polar surface area (TPSA) is 90.5 Å². The van der Waals surface area contributed by atoms with Crippen molar-refractivity contribution >= 4 is 17.6 Å². The number of hydrogen-bond donors (Lipinski definition) is 1. The summed E-state index contributed by atoms with van der Waals surface area (Å²) in [5.74, 6) is 1.78. The Morgan fingerprint density at radius 3 is 2.59 bits per heavy atom. The van der Waals surface area contributed by atoms with E-state index < -0.39 is 0 Å². The second-order valence-corrected chi connectivity index (χ2v) is 11.3. The molecule has 39 heavy (non-hydrogen) atoms. The van der Waals surface area contributed by atoms with Gasteiger partial charge in [0.25, 0.3) is 0 Å². The fraction of sp³-hybridized carbons (Fsp3) is 0.467. The van der Waals surface area contributed by atoms with Gasteiger partial charge in [-0.1, -0.05) is 12.2 Å².